The van der Waals surface area contributed by atoms with E-state index in [0.29, 0.717) is 11.3 Å². The zero-order chi connectivity index (χ0) is 14.5. The molecule has 0 heterocycles. The fourth-order valence-corrected chi connectivity index (χ4v) is 2.04. The first-order valence-corrected chi connectivity index (χ1v) is 6.48. The maximum absolute atomic E-state index is 12.1. The van der Waals surface area contributed by atoms with Gasteiger partial charge < -0.3 is 9.47 Å². The standard InChI is InChI=1S/C17H18O3/c1-12-6-4-7-13(2)17(12)20-11-16(18)14-8-5-9-15(10-14)19-3/h4-10H,11H2,1-3H3. The minimum atomic E-state index is -0.0634. The molecule has 0 aliphatic heterocycles. The Morgan fingerprint density at radius 3 is 2.35 bits per heavy atom. The number of carbonyl (C=O) groups is 1. The third kappa shape index (κ3) is 3.18. The van der Waals surface area contributed by atoms with Crippen LogP contribution in [0.1, 0.15) is 21.5 Å². The second-order valence-electron chi connectivity index (χ2n) is 4.66. The number of ether oxygens (including phenoxy) is 2. The van der Waals surface area contributed by atoms with Crippen LogP contribution in [0.2, 0.25) is 0 Å². The molecule has 0 aromatic heterocycles. The maximum Gasteiger partial charge on any atom is 0.200 e. The lowest BCUT2D eigenvalue weighted by atomic mass is 10.1. The van der Waals surface area contributed by atoms with E-state index in [1.54, 1.807) is 25.3 Å². The molecule has 0 spiro atoms. The average molecular weight is 270 g/mol. The largest absolute Gasteiger partial charge is 0.497 e. The van der Waals surface area contributed by atoms with Crippen LogP contribution < -0.4 is 9.47 Å². The molecule has 0 saturated heterocycles. The molecule has 0 aliphatic carbocycles. The quantitative estimate of drug-likeness (QED) is 0.779. The second kappa shape index (κ2) is 6.24. The number of methoxy groups -OCH3 is 1. The fraction of sp³-hybridized carbons (Fsp3) is 0.235. The molecular formula is C17H18O3. The molecule has 2 rings (SSSR count). The number of benzene rings is 2. The van der Waals surface area contributed by atoms with Gasteiger partial charge in [-0.05, 0) is 37.1 Å². The Morgan fingerprint density at radius 2 is 1.70 bits per heavy atom. The van der Waals surface area contributed by atoms with E-state index in [0.717, 1.165) is 16.9 Å². The average Bonchev–Trinajstić information content (AvgIpc) is 2.46. The van der Waals surface area contributed by atoms with Crippen LogP contribution in [0, 0.1) is 13.8 Å². The van der Waals surface area contributed by atoms with Crippen molar-refractivity contribution in [1.29, 1.82) is 0 Å². The van der Waals surface area contributed by atoms with Crippen molar-refractivity contribution in [3.8, 4) is 11.5 Å². The van der Waals surface area contributed by atoms with Crippen LogP contribution in [0.25, 0.3) is 0 Å². The Balaban J connectivity index is 2.09. The van der Waals surface area contributed by atoms with Crippen molar-refractivity contribution in [2.75, 3.05) is 13.7 Å². The Hall–Kier alpha value is -2.29. The summed E-state index contributed by atoms with van der Waals surface area (Å²) in [5, 5.41) is 0. The molecule has 3 heteroatoms. The van der Waals surface area contributed by atoms with Gasteiger partial charge in [0.25, 0.3) is 0 Å². The summed E-state index contributed by atoms with van der Waals surface area (Å²) in [7, 11) is 1.58. The molecule has 0 unspecified atom stereocenters. The SMILES string of the molecule is COc1cccc(C(=O)COc2c(C)cccc2C)c1. The highest BCUT2D eigenvalue weighted by atomic mass is 16.5. The van der Waals surface area contributed by atoms with Gasteiger partial charge >= 0.3 is 0 Å². The van der Waals surface area contributed by atoms with Crippen LogP contribution in [0.15, 0.2) is 42.5 Å². The minimum absolute atomic E-state index is 0.0266. The predicted octanol–water partition coefficient (Wildman–Crippen LogP) is 3.57. The van der Waals surface area contributed by atoms with E-state index >= 15 is 0 Å². The number of aryl methyl sites for hydroxylation is 2. The maximum atomic E-state index is 12.1. The lowest BCUT2D eigenvalue weighted by Crippen LogP contribution is -2.12. The van der Waals surface area contributed by atoms with Gasteiger partial charge in [-0.25, -0.2) is 0 Å². The predicted molar refractivity (Wildman–Crippen MR) is 78.7 cm³/mol. The Bertz CT molecular complexity index is 597. The fourth-order valence-electron chi connectivity index (χ4n) is 2.04. The van der Waals surface area contributed by atoms with Gasteiger partial charge in [0.2, 0.25) is 0 Å². The van der Waals surface area contributed by atoms with Gasteiger partial charge in [0.05, 0.1) is 7.11 Å². The molecule has 2 aromatic carbocycles. The smallest absolute Gasteiger partial charge is 0.200 e. The van der Waals surface area contributed by atoms with Crippen molar-refractivity contribution in [2.24, 2.45) is 0 Å². The number of Topliss-reactive ketones (excluding diaryl/α,β-unsaturated/α-hetero) is 1. The van der Waals surface area contributed by atoms with E-state index in [1.165, 1.54) is 0 Å². The lowest BCUT2D eigenvalue weighted by Gasteiger charge is -2.11. The molecule has 0 radical (unpaired) electrons. The van der Waals surface area contributed by atoms with E-state index in [1.807, 2.05) is 38.1 Å². The minimum Gasteiger partial charge on any atom is -0.497 e. The first-order valence-electron chi connectivity index (χ1n) is 6.48. The molecule has 2 aromatic rings. The molecule has 0 bridgehead atoms. The lowest BCUT2D eigenvalue weighted by molar-refractivity contribution is 0.0920. The Kier molecular flexibility index (Phi) is 4.41. The monoisotopic (exact) mass is 270 g/mol. The van der Waals surface area contributed by atoms with Crippen molar-refractivity contribution in [2.45, 2.75) is 13.8 Å². The van der Waals surface area contributed by atoms with Crippen LogP contribution in [0.5, 0.6) is 11.5 Å². The van der Waals surface area contributed by atoms with Crippen LogP contribution in [0.3, 0.4) is 0 Å². The normalized spacial score (nSPS) is 10.2. The number of ketones is 1. The Morgan fingerprint density at radius 1 is 1.05 bits per heavy atom. The summed E-state index contributed by atoms with van der Waals surface area (Å²) < 4.78 is 10.8. The van der Waals surface area contributed by atoms with Crippen LogP contribution in [0.4, 0.5) is 0 Å². The van der Waals surface area contributed by atoms with Crippen LogP contribution >= 0.6 is 0 Å². The summed E-state index contributed by atoms with van der Waals surface area (Å²) in [5.41, 5.74) is 2.66. The molecule has 0 fully saturated rings. The molecule has 104 valence electrons. The molecular weight excluding hydrogens is 252 g/mol. The van der Waals surface area contributed by atoms with Gasteiger partial charge in [-0.3, -0.25) is 4.79 Å². The highest BCUT2D eigenvalue weighted by Crippen LogP contribution is 2.22. The summed E-state index contributed by atoms with van der Waals surface area (Å²) >= 11 is 0. The molecule has 20 heavy (non-hydrogen) atoms. The summed E-state index contributed by atoms with van der Waals surface area (Å²) in [5.74, 6) is 1.39. The topological polar surface area (TPSA) is 35.5 Å². The van der Waals surface area contributed by atoms with Gasteiger partial charge in [-0.1, -0.05) is 30.3 Å². The highest BCUT2D eigenvalue weighted by molar-refractivity contribution is 5.97. The second-order valence-corrected chi connectivity index (χ2v) is 4.66. The molecule has 0 atom stereocenters. The third-order valence-electron chi connectivity index (χ3n) is 3.15. The first-order chi connectivity index (χ1) is 9.61. The van der Waals surface area contributed by atoms with Crippen molar-refractivity contribution in [3.63, 3.8) is 0 Å². The molecule has 3 nitrogen and oxygen atoms in total. The Labute approximate surface area is 119 Å². The van der Waals surface area contributed by atoms with E-state index in [-0.39, 0.29) is 12.4 Å². The van der Waals surface area contributed by atoms with Crippen molar-refractivity contribution < 1.29 is 14.3 Å². The van der Waals surface area contributed by atoms with E-state index in [2.05, 4.69) is 0 Å². The summed E-state index contributed by atoms with van der Waals surface area (Å²) in [6.07, 6.45) is 0. The van der Waals surface area contributed by atoms with E-state index < -0.39 is 0 Å². The van der Waals surface area contributed by atoms with E-state index in [9.17, 15) is 4.79 Å². The number of para-hydroxylation sites is 1. The van der Waals surface area contributed by atoms with Crippen molar-refractivity contribution >= 4 is 5.78 Å². The summed E-state index contributed by atoms with van der Waals surface area (Å²) in [4.78, 5) is 12.1. The highest BCUT2D eigenvalue weighted by Gasteiger charge is 2.10. The van der Waals surface area contributed by atoms with Gasteiger partial charge in [0, 0.05) is 5.56 Å². The van der Waals surface area contributed by atoms with Gasteiger partial charge in [0.15, 0.2) is 12.4 Å². The van der Waals surface area contributed by atoms with Crippen LogP contribution in [-0.2, 0) is 0 Å². The summed E-state index contributed by atoms with van der Waals surface area (Å²) in [6.45, 7) is 3.97. The zero-order valence-electron chi connectivity index (χ0n) is 12.0. The van der Waals surface area contributed by atoms with Crippen molar-refractivity contribution in [1.82, 2.24) is 0 Å². The molecule has 0 aliphatic rings. The number of carbonyl (C=O) groups excluding carboxylic acids is 1. The molecule has 0 saturated carbocycles. The molecule has 0 amide bonds. The summed E-state index contributed by atoms with van der Waals surface area (Å²) in [6, 6.07) is 13.0. The number of hydrogen-bond acceptors (Lipinski definition) is 3. The third-order valence-corrected chi connectivity index (χ3v) is 3.15. The number of rotatable bonds is 5. The number of hydrogen-bond donors (Lipinski definition) is 0. The zero-order valence-corrected chi connectivity index (χ0v) is 12.0. The van der Waals surface area contributed by atoms with Crippen molar-refractivity contribution in [3.05, 3.63) is 59.2 Å². The first kappa shape index (κ1) is 14.1. The van der Waals surface area contributed by atoms with Crippen LogP contribution in [-0.4, -0.2) is 19.5 Å². The van der Waals surface area contributed by atoms with Gasteiger partial charge in [-0.2, -0.15) is 0 Å². The molecule has 0 N–H and O–H groups in total. The van der Waals surface area contributed by atoms with Gasteiger partial charge in [-0.15, -0.1) is 0 Å². The van der Waals surface area contributed by atoms with Gasteiger partial charge in [0.1, 0.15) is 11.5 Å². The van der Waals surface area contributed by atoms with E-state index in [4.69, 9.17) is 9.47 Å².